The minimum atomic E-state index is -1.85. The number of rotatable bonds is 8. The number of ether oxygens (including phenoxy) is 2. The van der Waals surface area contributed by atoms with E-state index in [4.69, 9.17) is 9.47 Å². The minimum Gasteiger partial charge on any atom is -0.480 e. The Morgan fingerprint density at radius 3 is 2.03 bits per heavy atom. The second kappa shape index (κ2) is 8.98. The maximum absolute atomic E-state index is 12.3. The van der Waals surface area contributed by atoms with Crippen molar-refractivity contribution in [3.05, 3.63) is 59.7 Å². The average molecular weight is 411 g/mol. The predicted octanol–water partition coefficient (Wildman–Crippen LogP) is 3.57. The SMILES string of the molecule is CCOC(=O)C(CC)(CNC(=O)OCC1c2ccccc2-c2ccccc21)C(=O)O. The summed E-state index contributed by atoms with van der Waals surface area (Å²) in [6.07, 6.45) is -0.801. The van der Waals surface area contributed by atoms with Crippen LogP contribution in [0.15, 0.2) is 48.5 Å². The normalized spacial score (nSPS) is 14.2. The van der Waals surface area contributed by atoms with E-state index in [1.54, 1.807) is 13.8 Å². The smallest absolute Gasteiger partial charge is 0.407 e. The number of esters is 1. The zero-order valence-corrected chi connectivity index (χ0v) is 17.0. The molecule has 1 amide bonds. The Morgan fingerprint density at radius 1 is 0.967 bits per heavy atom. The zero-order chi connectivity index (χ0) is 21.7. The topological polar surface area (TPSA) is 102 Å². The van der Waals surface area contributed by atoms with E-state index in [1.165, 1.54) is 0 Å². The molecule has 0 fully saturated rings. The summed E-state index contributed by atoms with van der Waals surface area (Å²) in [5.74, 6) is -2.33. The summed E-state index contributed by atoms with van der Waals surface area (Å²) in [6, 6.07) is 15.9. The third-order valence-corrected chi connectivity index (χ3v) is 5.56. The van der Waals surface area contributed by atoms with Crippen LogP contribution >= 0.6 is 0 Å². The number of carboxylic acids is 1. The fourth-order valence-electron chi connectivity index (χ4n) is 3.80. The van der Waals surface area contributed by atoms with Crippen LogP contribution in [0.1, 0.15) is 37.3 Å². The molecule has 2 N–H and O–H groups in total. The molecular formula is C23H25NO6. The second-order valence-electron chi connectivity index (χ2n) is 7.14. The van der Waals surface area contributed by atoms with Crippen molar-refractivity contribution >= 4 is 18.0 Å². The number of aliphatic carboxylic acids is 1. The largest absolute Gasteiger partial charge is 0.480 e. The molecule has 0 aliphatic heterocycles. The van der Waals surface area contributed by atoms with Crippen LogP contribution in [0.3, 0.4) is 0 Å². The van der Waals surface area contributed by atoms with Gasteiger partial charge in [-0.15, -0.1) is 0 Å². The molecule has 30 heavy (non-hydrogen) atoms. The fraction of sp³-hybridized carbons (Fsp3) is 0.348. The molecule has 7 heteroatoms. The first-order valence-corrected chi connectivity index (χ1v) is 9.94. The van der Waals surface area contributed by atoms with Crippen LogP contribution in [0.2, 0.25) is 0 Å². The Hall–Kier alpha value is -3.35. The highest BCUT2D eigenvalue weighted by molar-refractivity contribution is 5.99. The van der Waals surface area contributed by atoms with Gasteiger partial charge < -0.3 is 19.9 Å². The molecule has 0 radical (unpaired) electrons. The van der Waals surface area contributed by atoms with Crippen LogP contribution < -0.4 is 5.32 Å². The van der Waals surface area contributed by atoms with E-state index >= 15 is 0 Å². The van der Waals surface area contributed by atoms with Crippen molar-refractivity contribution in [2.24, 2.45) is 5.41 Å². The molecule has 1 aliphatic carbocycles. The fourth-order valence-corrected chi connectivity index (χ4v) is 3.80. The first-order valence-electron chi connectivity index (χ1n) is 9.94. The van der Waals surface area contributed by atoms with Gasteiger partial charge >= 0.3 is 18.0 Å². The van der Waals surface area contributed by atoms with Crippen molar-refractivity contribution < 1.29 is 29.0 Å². The number of fused-ring (bicyclic) bond motifs is 3. The predicted molar refractivity (Wildman–Crippen MR) is 110 cm³/mol. The van der Waals surface area contributed by atoms with Gasteiger partial charge in [0.1, 0.15) is 6.61 Å². The molecule has 7 nitrogen and oxygen atoms in total. The third kappa shape index (κ3) is 3.87. The molecule has 1 unspecified atom stereocenters. The summed E-state index contributed by atoms with van der Waals surface area (Å²) in [6.45, 7) is 2.90. The van der Waals surface area contributed by atoms with Crippen molar-refractivity contribution in [3.8, 4) is 11.1 Å². The number of amides is 1. The Balaban J connectivity index is 1.68. The average Bonchev–Trinajstić information content (AvgIpc) is 3.07. The van der Waals surface area contributed by atoms with E-state index in [0.29, 0.717) is 0 Å². The lowest BCUT2D eigenvalue weighted by atomic mass is 9.85. The van der Waals surface area contributed by atoms with E-state index in [1.807, 2.05) is 48.5 Å². The number of carbonyl (C=O) groups excluding carboxylic acids is 2. The summed E-state index contributed by atoms with van der Waals surface area (Å²) in [5.41, 5.74) is 2.53. The molecule has 0 heterocycles. The van der Waals surface area contributed by atoms with Crippen molar-refractivity contribution in [2.75, 3.05) is 19.8 Å². The van der Waals surface area contributed by atoms with E-state index in [0.717, 1.165) is 22.3 Å². The first kappa shape index (κ1) is 21.4. The van der Waals surface area contributed by atoms with Gasteiger partial charge in [-0.3, -0.25) is 9.59 Å². The monoisotopic (exact) mass is 411 g/mol. The summed E-state index contributed by atoms with van der Waals surface area (Å²) in [4.78, 5) is 36.2. The van der Waals surface area contributed by atoms with Gasteiger partial charge in [-0.05, 0) is 35.6 Å². The number of benzene rings is 2. The Labute approximate surface area is 175 Å². The number of carboxylic acid groups (broad SMARTS) is 1. The molecule has 0 saturated carbocycles. The minimum absolute atomic E-state index is 0.0230. The molecule has 2 aromatic carbocycles. The summed E-state index contributed by atoms with van der Waals surface area (Å²) < 4.78 is 10.3. The van der Waals surface area contributed by atoms with E-state index in [-0.39, 0.29) is 25.6 Å². The molecule has 158 valence electrons. The Morgan fingerprint density at radius 2 is 1.53 bits per heavy atom. The van der Waals surface area contributed by atoms with Gasteiger partial charge in [-0.1, -0.05) is 55.5 Å². The quantitative estimate of drug-likeness (QED) is 0.509. The highest BCUT2D eigenvalue weighted by Gasteiger charge is 2.46. The molecule has 0 aromatic heterocycles. The van der Waals surface area contributed by atoms with Crippen molar-refractivity contribution in [2.45, 2.75) is 26.2 Å². The summed E-state index contributed by atoms with van der Waals surface area (Å²) >= 11 is 0. The van der Waals surface area contributed by atoms with Crippen LogP contribution in [0.5, 0.6) is 0 Å². The van der Waals surface area contributed by atoms with Crippen LogP contribution in [0, 0.1) is 5.41 Å². The lowest BCUT2D eigenvalue weighted by molar-refractivity contribution is -0.168. The summed E-state index contributed by atoms with van der Waals surface area (Å²) in [7, 11) is 0. The van der Waals surface area contributed by atoms with Gasteiger partial charge in [0.15, 0.2) is 5.41 Å². The molecule has 0 saturated heterocycles. The second-order valence-corrected chi connectivity index (χ2v) is 7.14. The third-order valence-electron chi connectivity index (χ3n) is 5.56. The maximum Gasteiger partial charge on any atom is 0.407 e. The van der Waals surface area contributed by atoms with Gasteiger partial charge in [0.25, 0.3) is 0 Å². The van der Waals surface area contributed by atoms with Gasteiger partial charge in [0, 0.05) is 12.5 Å². The standard InChI is InChI=1S/C23H25NO6/c1-3-23(20(25)26,21(27)29-4-2)14-24-22(28)30-13-19-17-11-7-5-9-15(17)16-10-6-8-12-18(16)19/h5-12,19H,3-4,13-14H2,1-2H3,(H,24,28)(H,25,26). The molecule has 3 rings (SSSR count). The number of alkyl carbamates (subject to hydrolysis) is 1. The number of hydrogen-bond acceptors (Lipinski definition) is 5. The highest BCUT2D eigenvalue weighted by atomic mass is 16.6. The maximum atomic E-state index is 12.3. The van der Waals surface area contributed by atoms with E-state index < -0.39 is 30.0 Å². The Kier molecular flexibility index (Phi) is 6.40. The summed E-state index contributed by atoms with van der Waals surface area (Å²) in [5, 5.41) is 12.0. The number of hydrogen-bond donors (Lipinski definition) is 2. The van der Waals surface area contributed by atoms with Crippen LogP contribution in [-0.2, 0) is 19.1 Å². The number of nitrogens with one attached hydrogen (secondary N) is 1. The van der Waals surface area contributed by atoms with Crippen LogP contribution in [0.25, 0.3) is 11.1 Å². The van der Waals surface area contributed by atoms with Gasteiger partial charge in [0.2, 0.25) is 0 Å². The molecule has 1 aliphatic rings. The molecule has 0 bridgehead atoms. The number of carbonyl (C=O) groups is 3. The lowest BCUT2D eigenvalue weighted by Crippen LogP contribution is -2.49. The van der Waals surface area contributed by atoms with Gasteiger partial charge in [-0.2, -0.15) is 0 Å². The van der Waals surface area contributed by atoms with Crippen molar-refractivity contribution in [3.63, 3.8) is 0 Å². The molecule has 2 aromatic rings. The van der Waals surface area contributed by atoms with Crippen molar-refractivity contribution in [1.82, 2.24) is 5.32 Å². The van der Waals surface area contributed by atoms with Crippen molar-refractivity contribution in [1.29, 1.82) is 0 Å². The van der Waals surface area contributed by atoms with E-state index in [9.17, 15) is 19.5 Å². The van der Waals surface area contributed by atoms with Crippen LogP contribution in [0.4, 0.5) is 4.79 Å². The van der Waals surface area contributed by atoms with Gasteiger partial charge in [0.05, 0.1) is 6.61 Å². The van der Waals surface area contributed by atoms with E-state index in [2.05, 4.69) is 5.32 Å². The lowest BCUT2D eigenvalue weighted by Gasteiger charge is -2.25. The highest BCUT2D eigenvalue weighted by Crippen LogP contribution is 2.44. The van der Waals surface area contributed by atoms with Gasteiger partial charge in [-0.25, -0.2) is 4.79 Å². The van der Waals surface area contributed by atoms with Crippen LogP contribution in [-0.4, -0.2) is 42.9 Å². The zero-order valence-electron chi connectivity index (χ0n) is 17.0. The first-order chi connectivity index (χ1) is 14.4. The molecule has 1 atom stereocenters. The Bertz CT molecular complexity index is 911. The molecule has 0 spiro atoms. The molecular weight excluding hydrogens is 386 g/mol.